The van der Waals surface area contributed by atoms with Crippen LogP contribution in [0.25, 0.3) is 6.08 Å². The molecule has 0 aliphatic carbocycles. The molecule has 0 saturated carbocycles. The molecular weight excluding hydrogens is 400 g/mol. The quantitative estimate of drug-likeness (QED) is 0.611. The maximum absolute atomic E-state index is 12.9. The van der Waals surface area contributed by atoms with Crippen molar-refractivity contribution in [3.63, 3.8) is 0 Å². The molecule has 7 nitrogen and oxygen atoms in total. The molecule has 0 radical (unpaired) electrons. The molecule has 1 saturated heterocycles. The zero-order valence-electron chi connectivity index (χ0n) is 19.2. The van der Waals surface area contributed by atoms with Gasteiger partial charge in [0.25, 0.3) is 0 Å². The molecule has 1 fully saturated rings. The summed E-state index contributed by atoms with van der Waals surface area (Å²) in [5.74, 6) is 1.92. The smallest absolute Gasteiger partial charge is 0.246 e. The van der Waals surface area contributed by atoms with Gasteiger partial charge in [-0.05, 0) is 69.0 Å². The van der Waals surface area contributed by atoms with E-state index >= 15 is 0 Å². The van der Waals surface area contributed by atoms with E-state index in [0.717, 1.165) is 53.5 Å². The van der Waals surface area contributed by atoms with Crippen LogP contribution in [0.2, 0.25) is 0 Å². The van der Waals surface area contributed by atoms with E-state index in [1.165, 1.54) is 5.56 Å². The van der Waals surface area contributed by atoms with Crippen molar-refractivity contribution in [2.75, 3.05) is 18.4 Å². The van der Waals surface area contributed by atoms with E-state index in [-0.39, 0.29) is 11.8 Å². The Balaban J connectivity index is 1.45. The van der Waals surface area contributed by atoms with Gasteiger partial charge in [-0.25, -0.2) is 9.97 Å². The molecule has 1 unspecified atom stereocenters. The Morgan fingerprint density at radius 2 is 2.03 bits per heavy atom. The van der Waals surface area contributed by atoms with E-state index in [9.17, 15) is 4.79 Å². The Labute approximate surface area is 189 Å². The maximum Gasteiger partial charge on any atom is 0.246 e. The van der Waals surface area contributed by atoms with Crippen LogP contribution < -0.4 is 5.32 Å². The Hall–Kier alpha value is -3.48. The summed E-state index contributed by atoms with van der Waals surface area (Å²) >= 11 is 0. The van der Waals surface area contributed by atoms with E-state index in [2.05, 4.69) is 26.4 Å². The van der Waals surface area contributed by atoms with Gasteiger partial charge in [0.1, 0.15) is 11.6 Å². The van der Waals surface area contributed by atoms with Crippen LogP contribution in [0.5, 0.6) is 0 Å². The number of hydrogen-bond acceptors (Lipinski definition) is 5. The first-order valence-electron chi connectivity index (χ1n) is 11.0. The standard InChI is InChI=1S/C25H30N6O/c1-17-7-5-12-27-25(17)28-23-15-20(11-13-26-23)21-8-6-14-31(16-21)24(32)10-9-22-18(2)29-30(4)19(22)3/h5,7,9-13,15,21H,6,8,14,16H2,1-4H3,(H,26,27,28)/b10-9+. The summed E-state index contributed by atoms with van der Waals surface area (Å²) in [7, 11) is 1.92. The summed E-state index contributed by atoms with van der Waals surface area (Å²) in [5.41, 5.74) is 5.27. The van der Waals surface area contributed by atoms with Crippen LogP contribution in [0.3, 0.4) is 0 Å². The molecular formula is C25H30N6O. The molecule has 4 heterocycles. The topological polar surface area (TPSA) is 75.9 Å². The molecule has 1 aliphatic heterocycles. The van der Waals surface area contributed by atoms with Gasteiger partial charge in [0.2, 0.25) is 5.91 Å². The number of aromatic nitrogens is 4. The fourth-order valence-corrected chi connectivity index (χ4v) is 4.25. The van der Waals surface area contributed by atoms with Crippen LogP contribution in [-0.2, 0) is 11.8 Å². The first kappa shape index (κ1) is 21.7. The molecule has 1 amide bonds. The van der Waals surface area contributed by atoms with Crippen molar-refractivity contribution >= 4 is 23.6 Å². The second-order valence-electron chi connectivity index (χ2n) is 8.43. The van der Waals surface area contributed by atoms with Gasteiger partial charge in [0.05, 0.1) is 5.69 Å². The van der Waals surface area contributed by atoms with Crippen molar-refractivity contribution in [1.29, 1.82) is 0 Å². The van der Waals surface area contributed by atoms with Crippen LogP contribution in [0.15, 0.2) is 42.7 Å². The molecule has 3 aromatic rings. The van der Waals surface area contributed by atoms with Crippen LogP contribution in [0.1, 0.15) is 46.8 Å². The minimum absolute atomic E-state index is 0.0499. The summed E-state index contributed by atoms with van der Waals surface area (Å²) in [6, 6.07) is 8.06. The maximum atomic E-state index is 12.9. The van der Waals surface area contributed by atoms with Gasteiger partial charge in [-0.2, -0.15) is 5.10 Å². The summed E-state index contributed by atoms with van der Waals surface area (Å²) in [6.45, 7) is 7.50. The number of carbonyl (C=O) groups excluding carboxylic acids is 1. The van der Waals surface area contributed by atoms with Crippen molar-refractivity contribution in [2.45, 2.75) is 39.5 Å². The lowest BCUT2D eigenvalue weighted by molar-refractivity contribution is -0.127. The van der Waals surface area contributed by atoms with Crippen LogP contribution in [-0.4, -0.2) is 43.6 Å². The number of pyridine rings is 2. The second kappa shape index (κ2) is 9.34. The Bertz CT molecular complexity index is 1150. The van der Waals surface area contributed by atoms with Crippen molar-refractivity contribution in [3.8, 4) is 0 Å². The first-order chi connectivity index (χ1) is 15.4. The molecule has 1 N–H and O–H groups in total. The van der Waals surface area contributed by atoms with Gasteiger partial charge < -0.3 is 10.2 Å². The lowest BCUT2D eigenvalue weighted by atomic mass is 9.91. The van der Waals surface area contributed by atoms with E-state index in [1.54, 1.807) is 12.3 Å². The van der Waals surface area contributed by atoms with Crippen molar-refractivity contribution in [2.24, 2.45) is 7.05 Å². The highest BCUT2D eigenvalue weighted by molar-refractivity contribution is 5.92. The van der Waals surface area contributed by atoms with Gasteiger partial charge in [0.15, 0.2) is 0 Å². The molecule has 1 aliphatic rings. The van der Waals surface area contributed by atoms with E-state index < -0.39 is 0 Å². The lowest BCUT2D eigenvalue weighted by Crippen LogP contribution is -2.38. The molecule has 0 aromatic carbocycles. The summed E-state index contributed by atoms with van der Waals surface area (Å²) in [5, 5.41) is 7.74. The highest BCUT2D eigenvalue weighted by Gasteiger charge is 2.24. The van der Waals surface area contributed by atoms with Crippen molar-refractivity contribution in [1.82, 2.24) is 24.6 Å². The van der Waals surface area contributed by atoms with Gasteiger partial charge >= 0.3 is 0 Å². The van der Waals surface area contributed by atoms with Crippen LogP contribution in [0.4, 0.5) is 11.6 Å². The van der Waals surface area contributed by atoms with Gasteiger partial charge in [0, 0.05) is 55.8 Å². The lowest BCUT2D eigenvalue weighted by Gasteiger charge is -2.32. The van der Waals surface area contributed by atoms with Crippen molar-refractivity contribution < 1.29 is 4.79 Å². The predicted molar refractivity (Wildman–Crippen MR) is 127 cm³/mol. The highest BCUT2D eigenvalue weighted by atomic mass is 16.2. The molecule has 4 rings (SSSR count). The number of amides is 1. The molecule has 1 atom stereocenters. The third-order valence-corrected chi connectivity index (χ3v) is 6.20. The number of anilines is 2. The van der Waals surface area contributed by atoms with Crippen LogP contribution >= 0.6 is 0 Å². The normalized spacial score (nSPS) is 16.5. The number of nitrogens with zero attached hydrogens (tertiary/aromatic N) is 5. The highest BCUT2D eigenvalue weighted by Crippen LogP contribution is 2.29. The Kier molecular flexibility index (Phi) is 6.35. The Morgan fingerprint density at radius 1 is 1.19 bits per heavy atom. The molecule has 7 heteroatoms. The molecule has 3 aromatic heterocycles. The fraction of sp³-hybridized carbons (Fsp3) is 0.360. The average Bonchev–Trinajstić information content (AvgIpc) is 3.04. The number of rotatable bonds is 5. The predicted octanol–water partition coefficient (Wildman–Crippen LogP) is 4.30. The number of hydrogen-bond donors (Lipinski definition) is 1. The van der Waals surface area contributed by atoms with Gasteiger partial charge in [-0.3, -0.25) is 9.48 Å². The second-order valence-corrected chi connectivity index (χ2v) is 8.43. The SMILES string of the molecule is Cc1cccnc1Nc1cc(C2CCCN(C(=O)/C=C/c3c(C)nn(C)c3C)C2)ccn1. The monoisotopic (exact) mass is 430 g/mol. The molecule has 0 spiro atoms. The Morgan fingerprint density at radius 3 is 2.78 bits per heavy atom. The van der Waals surface area contributed by atoms with E-state index in [0.29, 0.717) is 6.54 Å². The van der Waals surface area contributed by atoms with Crippen molar-refractivity contribution in [3.05, 3.63) is 70.8 Å². The minimum Gasteiger partial charge on any atom is -0.339 e. The fourth-order valence-electron chi connectivity index (χ4n) is 4.25. The zero-order valence-corrected chi connectivity index (χ0v) is 19.2. The number of carbonyl (C=O) groups is 1. The third-order valence-electron chi connectivity index (χ3n) is 6.20. The largest absolute Gasteiger partial charge is 0.339 e. The van der Waals surface area contributed by atoms with Crippen LogP contribution in [0, 0.1) is 20.8 Å². The summed E-state index contributed by atoms with van der Waals surface area (Å²) in [6.07, 6.45) is 9.21. The summed E-state index contributed by atoms with van der Waals surface area (Å²) < 4.78 is 1.85. The minimum atomic E-state index is 0.0499. The van der Waals surface area contributed by atoms with E-state index in [1.807, 2.05) is 67.9 Å². The van der Waals surface area contributed by atoms with E-state index in [4.69, 9.17) is 0 Å². The number of nitrogens with one attached hydrogen (secondary N) is 1. The summed E-state index contributed by atoms with van der Waals surface area (Å²) in [4.78, 5) is 23.7. The zero-order chi connectivity index (χ0) is 22.7. The average molecular weight is 431 g/mol. The first-order valence-corrected chi connectivity index (χ1v) is 11.0. The van der Waals surface area contributed by atoms with Gasteiger partial charge in [-0.15, -0.1) is 0 Å². The molecule has 166 valence electrons. The molecule has 32 heavy (non-hydrogen) atoms. The number of piperidine rings is 1. The number of likely N-dealkylation sites (tertiary alicyclic amines) is 1. The third kappa shape index (κ3) is 4.72. The number of aryl methyl sites for hydroxylation is 3. The van der Waals surface area contributed by atoms with Gasteiger partial charge in [-0.1, -0.05) is 6.07 Å². The molecule has 0 bridgehead atoms.